The first-order valence-corrected chi connectivity index (χ1v) is 4.85. The average molecular weight is 182 g/mol. The Kier molecular flexibility index (Phi) is 3.09. The van der Waals surface area contributed by atoms with Crippen molar-refractivity contribution in [2.45, 2.75) is 38.7 Å². The fraction of sp³-hybridized carbons (Fsp3) is 0.700. The van der Waals surface area contributed by atoms with Crippen LogP contribution in [0.5, 0.6) is 0 Å². The van der Waals surface area contributed by atoms with Gasteiger partial charge < -0.3 is 5.11 Å². The molecule has 0 spiro atoms. The lowest BCUT2D eigenvalue weighted by molar-refractivity contribution is 0.0147. The standard InChI is InChI=1S/C10H18N2O/c1-4-7-10(13,5-2)9-6-8-11-12(9)3/h6,8,13H,4-5,7H2,1-3H3. The molecule has 0 aliphatic carbocycles. The molecule has 0 aliphatic rings. The molecule has 0 fully saturated rings. The van der Waals surface area contributed by atoms with Crippen molar-refractivity contribution in [2.24, 2.45) is 7.05 Å². The van der Waals surface area contributed by atoms with Crippen molar-refractivity contribution >= 4 is 0 Å². The van der Waals surface area contributed by atoms with Gasteiger partial charge in [0, 0.05) is 13.2 Å². The Hall–Kier alpha value is -0.830. The second-order valence-corrected chi connectivity index (χ2v) is 3.48. The van der Waals surface area contributed by atoms with Crippen LogP contribution in [0.4, 0.5) is 0 Å². The van der Waals surface area contributed by atoms with Crippen molar-refractivity contribution in [3.63, 3.8) is 0 Å². The Bertz CT molecular complexity index is 270. The van der Waals surface area contributed by atoms with Crippen LogP contribution < -0.4 is 0 Å². The van der Waals surface area contributed by atoms with E-state index in [0.717, 1.165) is 25.0 Å². The highest BCUT2D eigenvalue weighted by Crippen LogP contribution is 2.28. The number of hydrogen-bond donors (Lipinski definition) is 1. The van der Waals surface area contributed by atoms with Gasteiger partial charge in [0.05, 0.1) is 5.69 Å². The van der Waals surface area contributed by atoms with E-state index in [1.165, 1.54) is 0 Å². The zero-order chi connectivity index (χ0) is 9.90. The maximum Gasteiger partial charge on any atom is 0.106 e. The van der Waals surface area contributed by atoms with E-state index in [2.05, 4.69) is 12.0 Å². The lowest BCUT2D eigenvalue weighted by Gasteiger charge is -2.26. The molecule has 74 valence electrons. The minimum Gasteiger partial charge on any atom is -0.384 e. The Morgan fingerprint density at radius 2 is 2.23 bits per heavy atom. The summed E-state index contributed by atoms with van der Waals surface area (Å²) in [5.74, 6) is 0. The summed E-state index contributed by atoms with van der Waals surface area (Å²) in [6.07, 6.45) is 4.24. The van der Waals surface area contributed by atoms with Crippen LogP contribution in [0.15, 0.2) is 12.3 Å². The molecular formula is C10H18N2O. The largest absolute Gasteiger partial charge is 0.384 e. The van der Waals surface area contributed by atoms with E-state index in [1.54, 1.807) is 10.9 Å². The first-order valence-electron chi connectivity index (χ1n) is 4.85. The summed E-state index contributed by atoms with van der Waals surface area (Å²) in [6.45, 7) is 4.08. The molecule has 0 amide bonds. The molecule has 0 saturated heterocycles. The molecule has 3 heteroatoms. The maximum atomic E-state index is 10.3. The number of aryl methyl sites for hydroxylation is 1. The van der Waals surface area contributed by atoms with Gasteiger partial charge in [0.25, 0.3) is 0 Å². The average Bonchev–Trinajstić information content (AvgIpc) is 2.52. The molecule has 1 N–H and O–H groups in total. The van der Waals surface area contributed by atoms with Gasteiger partial charge in [-0.15, -0.1) is 0 Å². The Morgan fingerprint density at radius 3 is 2.62 bits per heavy atom. The van der Waals surface area contributed by atoms with Gasteiger partial charge in [-0.1, -0.05) is 20.3 Å². The zero-order valence-corrected chi connectivity index (χ0v) is 8.62. The molecule has 1 rings (SSSR count). The third-order valence-electron chi connectivity index (χ3n) is 2.55. The molecule has 3 nitrogen and oxygen atoms in total. The predicted octanol–water partition coefficient (Wildman–Crippen LogP) is 1.82. The van der Waals surface area contributed by atoms with Crippen molar-refractivity contribution in [3.8, 4) is 0 Å². The molecule has 0 aromatic carbocycles. The SMILES string of the molecule is CCCC(O)(CC)c1ccnn1C. The van der Waals surface area contributed by atoms with Crippen LogP contribution in [0.1, 0.15) is 38.8 Å². The summed E-state index contributed by atoms with van der Waals surface area (Å²) < 4.78 is 1.75. The van der Waals surface area contributed by atoms with Crippen LogP contribution in [-0.4, -0.2) is 14.9 Å². The van der Waals surface area contributed by atoms with Crippen LogP contribution in [0, 0.1) is 0 Å². The minimum atomic E-state index is -0.694. The summed E-state index contributed by atoms with van der Waals surface area (Å²) in [4.78, 5) is 0. The monoisotopic (exact) mass is 182 g/mol. The molecule has 1 atom stereocenters. The van der Waals surface area contributed by atoms with Gasteiger partial charge in [-0.25, -0.2) is 0 Å². The van der Waals surface area contributed by atoms with Gasteiger partial charge in [-0.05, 0) is 18.9 Å². The summed E-state index contributed by atoms with van der Waals surface area (Å²) in [5, 5.41) is 14.4. The topological polar surface area (TPSA) is 38.1 Å². The van der Waals surface area contributed by atoms with Gasteiger partial charge in [0.15, 0.2) is 0 Å². The van der Waals surface area contributed by atoms with Crippen molar-refractivity contribution in [3.05, 3.63) is 18.0 Å². The van der Waals surface area contributed by atoms with Crippen LogP contribution in [-0.2, 0) is 12.6 Å². The van der Waals surface area contributed by atoms with Gasteiger partial charge in [0.2, 0.25) is 0 Å². The van der Waals surface area contributed by atoms with Crippen LogP contribution in [0.2, 0.25) is 0 Å². The first kappa shape index (κ1) is 10.3. The number of rotatable bonds is 4. The summed E-state index contributed by atoms with van der Waals surface area (Å²) in [6, 6.07) is 1.89. The van der Waals surface area contributed by atoms with Crippen molar-refractivity contribution in [1.29, 1.82) is 0 Å². The fourth-order valence-electron chi connectivity index (χ4n) is 1.73. The molecule has 0 radical (unpaired) electrons. The molecule has 1 heterocycles. The van der Waals surface area contributed by atoms with Crippen LogP contribution in [0.3, 0.4) is 0 Å². The normalized spacial score (nSPS) is 15.7. The number of aromatic nitrogens is 2. The highest BCUT2D eigenvalue weighted by Gasteiger charge is 2.28. The molecule has 0 bridgehead atoms. The second kappa shape index (κ2) is 3.92. The lowest BCUT2D eigenvalue weighted by Crippen LogP contribution is -2.27. The summed E-state index contributed by atoms with van der Waals surface area (Å²) in [5.41, 5.74) is 0.219. The third kappa shape index (κ3) is 1.91. The van der Waals surface area contributed by atoms with Crippen LogP contribution in [0.25, 0.3) is 0 Å². The third-order valence-corrected chi connectivity index (χ3v) is 2.55. The van der Waals surface area contributed by atoms with E-state index in [-0.39, 0.29) is 0 Å². The molecule has 1 aromatic rings. The second-order valence-electron chi connectivity index (χ2n) is 3.48. The van der Waals surface area contributed by atoms with E-state index in [9.17, 15) is 5.11 Å². The Labute approximate surface area is 79.4 Å². The molecule has 0 saturated carbocycles. The van der Waals surface area contributed by atoms with E-state index < -0.39 is 5.60 Å². The van der Waals surface area contributed by atoms with Crippen molar-refractivity contribution in [1.82, 2.24) is 9.78 Å². The van der Waals surface area contributed by atoms with Gasteiger partial charge in [0.1, 0.15) is 5.60 Å². The lowest BCUT2D eigenvalue weighted by atomic mass is 9.91. The van der Waals surface area contributed by atoms with E-state index in [0.29, 0.717) is 0 Å². The number of nitrogens with zero attached hydrogens (tertiary/aromatic N) is 2. The summed E-state index contributed by atoms with van der Waals surface area (Å²) in [7, 11) is 1.87. The smallest absolute Gasteiger partial charge is 0.106 e. The summed E-state index contributed by atoms with van der Waals surface area (Å²) >= 11 is 0. The molecule has 0 aliphatic heterocycles. The van der Waals surface area contributed by atoms with E-state index in [4.69, 9.17) is 0 Å². The Balaban J connectivity index is 2.95. The van der Waals surface area contributed by atoms with Gasteiger partial charge in [-0.2, -0.15) is 5.10 Å². The van der Waals surface area contributed by atoms with Crippen LogP contribution >= 0.6 is 0 Å². The number of aliphatic hydroxyl groups is 1. The highest BCUT2D eigenvalue weighted by molar-refractivity contribution is 5.11. The van der Waals surface area contributed by atoms with E-state index in [1.807, 2.05) is 20.0 Å². The molecule has 1 unspecified atom stereocenters. The van der Waals surface area contributed by atoms with Crippen molar-refractivity contribution < 1.29 is 5.11 Å². The Morgan fingerprint density at radius 1 is 1.54 bits per heavy atom. The number of hydrogen-bond acceptors (Lipinski definition) is 2. The minimum absolute atomic E-state index is 0.694. The molecule has 1 aromatic heterocycles. The van der Waals surface area contributed by atoms with Crippen molar-refractivity contribution in [2.75, 3.05) is 0 Å². The predicted molar refractivity (Wildman–Crippen MR) is 52.3 cm³/mol. The highest BCUT2D eigenvalue weighted by atomic mass is 16.3. The zero-order valence-electron chi connectivity index (χ0n) is 8.62. The molecular weight excluding hydrogens is 164 g/mol. The fourth-order valence-corrected chi connectivity index (χ4v) is 1.73. The first-order chi connectivity index (χ1) is 6.14. The van der Waals surface area contributed by atoms with Gasteiger partial charge in [-0.3, -0.25) is 4.68 Å². The molecule has 13 heavy (non-hydrogen) atoms. The van der Waals surface area contributed by atoms with Gasteiger partial charge >= 0.3 is 0 Å². The quantitative estimate of drug-likeness (QED) is 0.771. The van der Waals surface area contributed by atoms with E-state index >= 15 is 0 Å². The maximum absolute atomic E-state index is 10.3.